The molecule has 1 amide bonds. The van der Waals surface area contributed by atoms with Crippen LogP contribution in [0.2, 0.25) is 0 Å². The maximum atomic E-state index is 12.1. The molecule has 5 nitrogen and oxygen atoms in total. The van der Waals surface area contributed by atoms with Gasteiger partial charge in [0.15, 0.2) is 0 Å². The summed E-state index contributed by atoms with van der Waals surface area (Å²) >= 11 is 0. The van der Waals surface area contributed by atoms with Gasteiger partial charge in [-0.2, -0.15) is 5.10 Å². The fourth-order valence-corrected chi connectivity index (χ4v) is 4.01. The number of hydrogen-bond acceptors (Lipinski definition) is 4. The van der Waals surface area contributed by atoms with Gasteiger partial charge in [0.05, 0.1) is 11.8 Å². The number of carbonyl (C=O) groups is 1. The molecular formula is C23H28N4O. The van der Waals surface area contributed by atoms with Crippen molar-refractivity contribution in [2.45, 2.75) is 53.1 Å². The number of allylic oxidation sites excluding steroid dienone is 1. The standard InChI is InChI=1S/C23H28N4O/c1-15(2)27-21-11-16(3)18(12-19(21)17(4)13-23(27,5)6)14-25-26-22(28)20-9-7-8-10-24-20/h7-15H,1-6H3,(H,26,28)/b25-14-. The molecule has 1 aromatic heterocycles. The molecule has 0 bridgehead atoms. The molecule has 0 fully saturated rings. The van der Waals surface area contributed by atoms with Gasteiger partial charge in [-0.15, -0.1) is 0 Å². The largest absolute Gasteiger partial charge is 0.360 e. The second-order valence-corrected chi connectivity index (χ2v) is 8.08. The zero-order valence-corrected chi connectivity index (χ0v) is 17.4. The maximum absolute atomic E-state index is 12.1. The van der Waals surface area contributed by atoms with Crippen molar-refractivity contribution >= 4 is 23.4 Å². The Hall–Kier alpha value is -2.95. The normalized spacial score (nSPS) is 15.5. The van der Waals surface area contributed by atoms with Gasteiger partial charge < -0.3 is 4.90 Å². The molecule has 1 aliphatic rings. The summed E-state index contributed by atoms with van der Waals surface area (Å²) < 4.78 is 0. The first-order valence-electron chi connectivity index (χ1n) is 9.59. The number of hydrogen-bond donors (Lipinski definition) is 1. The summed E-state index contributed by atoms with van der Waals surface area (Å²) in [6.45, 7) is 13.2. The fourth-order valence-electron chi connectivity index (χ4n) is 4.01. The highest BCUT2D eigenvalue weighted by Gasteiger charge is 2.33. The van der Waals surface area contributed by atoms with E-state index < -0.39 is 0 Å². The molecule has 0 aliphatic carbocycles. The number of pyridine rings is 1. The molecule has 0 spiro atoms. The van der Waals surface area contributed by atoms with Gasteiger partial charge in [-0.1, -0.05) is 12.1 Å². The molecule has 1 aliphatic heterocycles. The van der Waals surface area contributed by atoms with Crippen LogP contribution in [-0.4, -0.2) is 28.7 Å². The molecular weight excluding hydrogens is 348 g/mol. The Balaban J connectivity index is 1.89. The number of nitrogens with one attached hydrogen (secondary N) is 1. The zero-order valence-electron chi connectivity index (χ0n) is 17.4. The van der Waals surface area contributed by atoms with Crippen LogP contribution in [0.4, 0.5) is 5.69 Å². The van der Waals surface area contributed by atoms with E-state index in [4.69, 9.17) is 0 Å². The number of carbonyl (C=O) groups excluding carboxylic acids is 1. The molecule has 146 valence electrons. The summed E-state index contributed by atoms with van der Waals surface area (Å²) in [7, 11) is 0. The van der Waals surface area contributed by atoms with Gasteiger partial charge >= 0.3 is 0 Å². The lowest BCUT2D eigenvalue weighted by atomic mass is 9.86. The van der Waals surface area contributed by atoms with E-state index in [-0.39, 0.29) is 11.4 Å². The monoisotopic (exact) mass is 376 g/mol. The number of benzene rings is 1. The fraction of sp³-hybridized carbons (Fsp3) is 0.348. The minimum atomic E-state index is -0.323. The Morgan fingerprint density at radius 1 is 1.25 bits per heavy atom. The summed E-state index contributed by atoms with van der Waals surface area (Å²) in [6.07, 6.45) is 5.60. The van der Waals surface area contributed by atoms with Crippen molar-refractivity contribution in [2.24, 2.45) is 5.10 Å². The smallest absolute Gasteiger partial charge is 0.289 e. The third-order valence-corrected chi connectivity index (χ3v) is 5.04. The van der Waals surface area contributed by atoms with Crippen LogP contribution >= 0.6 is 0 Å². The van der Waals surface area contributed by atoms with Gasteiger partial charge in [-0.3, -0.25) is 9.78 Å². The van der Waals surface area contributed by atoms with Gasteiger partial charge in [0.2, 0.25) is 0 Å². The first-order valence-corrected chi connectivity index (χ1v) is 9.59. The lowest BCUT2D eigenvalue weighted by Gasteiger charge is -2.46. The Morgan fingerprint density at radius 3 is 2.64 bits per heavy atom. The molecule has 0 saturated heterocycles. The minimum Gasteiger partial charge on any atom is -0.360 e. The highest BCUT2D eigenvalue weighted by atomic mass is 16.2. The lowest BCUT2D eigenvalue weighted by Crippen LogP contribution is -2.49. The maximum Gasteiger partial charge on any atom is 0.289 e. The Morgan fingerprint density at radius 2 is 2.00 bits per heavy atom. The second kappa shape index (κ2) is 7.58. The molecule has 2 aromatic rings. The van der Waals surface area contributed by atoms with Crippen LogP contribution < -0.4 is 10.3 Å². The van der Waals surface area contributed by atoms with E-state index >= 15 is 0 Å². The van der Waals surface area contributed by atoms with Crippen molar-refractivity contribution < 1.29 is 4.79 Å². The molecule has 1 N–H and O–H groups in total. The van der Waals surface area contributed by atoms with Gasteiger partial charge in [0.1, 0.15) is 5.69 Å². The summed E-state index contributed by atoms with van der Waals surface area (Å²) in [5.74, 6) is -0.323. The molecule has 1 aromatic carbocycles. The van der Waals surface area contributed by atoms with Gasteiger partial charge in [0.25, 0.3) is 5.91 Å². The minimum absolute atomic E-state index is 0.0377. The van der Waals surface area contributed by atoms with Crippen LogP contribution in [0.3, 0.4) is 0 Å². The Kier molecular flexibility index (Phi) is 5.36. The van der Waals surface area contributed by atoms with Crippen molar-refractivity contribution in [3.05, 3.63) is 65.0 Å². The van der Waals surface area contributed by atoms with Crippen LogP contribution in [0.5, 0.6) is 0 Å². The van der Waals surface area contributed by atoms with Gasteiger partial charge in [0, 0.05) is 23.5 Å². The quantitative estimate of drug-likeness (QED) is 0.628. The van der Waals surface area contributed by atoms with Crippen molar-refractivity contribution in [3.63, 3.8) is 0 Å². The van der Waals surface area contributed by atoms with Gasteiger partial charge in [-0.05, 0) is 82.5 Å². The van der Waals surface area contributed by atoms with Crippen LogP contribution in [0.1, 0.15) is 61.8 Å². The summed E-state index contributed by atoms with van der Waals surface area (Å²) in [6, 6.07) is 9.96. The zero-order chi connectivity index (χ0) is 20.5. The number of rotatable bonds is 4. The molecule has 2 heterocycles. The van der Waals surface area contributed by atoms with E-state index in [1.165, 1.54) is 16.8 Å². The number of nitrogens with zero attached hydrogens (tertiary/aromatic N) is 3. The van der Waals surface area contributed by atoms with Crippen LogP contribution in [0, 0.1) is 6.92 Å². The number of anilines is 1. The molecule has 0 radical (unpaired) electrons. The van der Waals surface area contributed by atoms with Crippen molar-refractivity contribution in [2.75, 3.05) is 4.90 Å². The van der Waals surface area contributed by atoms with Crippen molar-refractivity contribution in [3.8, 4) is 0 Å². The third kappa shape index (κ3) is 3.84. The molecule has 0 atom stereocenters. The van der Waals surface area contributed by atoms with Gasteiger partial charge in [-0.25, -0.2) is 5.43 Å². The predicted octanol–water partition coefficient (Wildman–Crippen LogP) is 4.56. The van der Waals surface area contributed by atoms with E-state index in [2.05, 4.69) is 80.2 Å². The lowest BCUT2D eigenvalue weighted by molar-refractivity contribution is 0.0950. The highest BCUT2D eigenvalue weighted by Crippen LogP contribution is 2.41. The molecule has 28 heavy (non-hydrogen) atoms. The van der Waals surface area contributed by atoms with E-state index in [0.717, 1.165) is 11.1 Å². The number of amides is 1. The topological polar surface area (TPSA) is 57.6 Å². The predicted molar refractivity (Wildman–Crippen MR) is 116 cm³/mol. The summed E-state index contributed by atoms with van der Waals surface area (Å²) in [4.78, 5) is 18.6. The van der Waals surface area contributed by atoms with Crippen LogP contribution in [-0.2, 0) is 0 Å². The van der Waals surface area contributed by atoms with Crippen molar-refractivity contribution in [1.29, 1.82) is 0 Å². The van der Waals surface area contributed by atoms with E-state index in [1.807, 2.05) is 0 Å². The average Bonchev–Trinajstić information content (AvgIpc) is 2.62. The first kappa shape index (κ1) is 19.8. The van der Waals surface area contributed by atoms with Crippen molar-refractivity contribution in [1.82, 2.24) is 10.4 Å². The highest BCUT2D eigenvalue weighted by molar-refractivity contribution is 5.94. The number of fused-ring (bicyclic) bond motifs is 1. The Bertz CT molecular complexity index is 943. The average molecular weight is 377 g/mol. The SMILES string of the molecule is CC1=CC(C)(C)N(C(C)C)c2cc(C)c(/C=N\NC(=O)c3ccccn3)cc21. The van der Waals surface area contributed by atoms with E-state index in [0.29, 0.717) is 11.7 Å². The first-order chi connectivity index (χ1) is 13.2. The van der Waals surface area contributed by atoms with E-state index in [1.54, 1.807) is 30.6 Å². The molecule has 0 saturated carbocycles. The van der Waals surface area contributed by atoms with Crippen LogP contribution in [0.15, 0.2) is 47.7 Å². The van der Waals surface area contributed by atoms with E-state index in [9.17, 15) is 4.79 Å². The number of aryl methyl sites for hydroxylation is 1. The molecule has 5 heteroatoms. The summed E-state index contributed by atoms with van der Waals surface area (Å²) in [5.41, 5.74) is 8.65. The summed E-state index contributed by atoms with van der Waals surface area (Å²) in [5, 5.41) is 4.14. The third-order valence-electron chi connectivity index (χ3n) is 5.04. The number of hydrazone groups is 1. The van der Waals surface area contributed by atoms with Crippen LogP contribution in [0.25, 0.3) is 5.57 Å². The molecule has 3 rings (SSSR count). The second-order valence-electron chi connectivity index (χ2n) is 8.08. The number of aromatic nitrogens is 1. The Labute approximate surface area is 167 Å². The molecule has 0 unspecified atom stereocenters.